The first-order valence-electron chi connectivity index (χ1n) is 27.5. The van der Waals surface area contributed by atoms with Crippen LogP contribution in [0.4, 0.5) is 11.6 Å². The lowest BCUT2D eigenvalue weighted by Crippen LogP contribution is -2.33. The SMILES string of the molecule is CO[C@@H]1CN(C)C[C@H]1Oc1nc(N2CCCCC2)c2cc(Cl)nc(Oc3c(Cl)c(Cl)cc4[nH]ncc34)c2n1.CO[C@@H]1CN(C)C[C@H]1Oc1nc(N2CCCCC2)c2cc(Cl)nc(Oc3c(Cl)c(Cl)cc4c3cnn4C3CCCCO3)c2n1.Cl. The molecule has 442 valence electrons. The van der Waals surface area contributed by atoms with Crippen molar-refractivity contribution in [3.8, 4) is 35.3 Å². The van der Waals surface area contributed by atoms with Gasteiger partial charge in [-0.1, -0.05) is 69.6 Å². The van der Waals surface area contributed by atoms with E-state index in [-0.39, 0.29) is 87.2 Å². The maximum absolute atomic E-state index is 6.78. The Morgan fingerprint density at radius 2 is 1.06 bits per heavy atom. The Hall–Kier alpha value is -5.01. The molecule has 1 unspecified atom stereocenters. The zero-order chi connectivity index (χ0) is 56.8. The molecular weight excluding hydrogens is 1220 g/mol. The fourth-order valence-electron chi connectivity index (χ4n) is 11.5. The number of ether oxygens (including phenoxy) is 7. The number of anilines is 2. The van der Waals surface area contributed by atoms with E-state index in [0.717, 1.165) is 101 Å². The molecule has 28 heteroatoms. The van der Waals surface area contributed by atoms with Gasteiger partial charge in [0.25, 0.3) is 0 Å². The minimum atomic E-state index is -0.240. The summed E-state index contributed by atoms with van der Waals surface area (Å²) in [5, 5.41) is 15.9. The zero-order valence-electron chi connectivity index (χ0n) is 45.9. The molecule has 0 saturated carbocycles. The number of likely N-dealkylation sites (tertiary alicyclic amines) is 2. The Kier molecular flexibility index (Phi) is 18.6. The molecular formula is C55H61Cl7N14O7. The van der Waals surface area contributed by atoms with Crippen molar-refractivity contribution in [3.63, 3.8) is 0 Å². The van der Waals surface area contributed by atoms with Crippen LogP contribution in [0.3, 0.4) is 0 Å². The smallest absolute Gasteiger partial charge is 0.319 e. The third-order valence-corrected chi connectivity index (χ3v) is 17.5. The second-order valence-corrected chi connectivity index (χ2v) is 23.6. The quantitative estimate of drug-likeness (QED) is 0.107. The number of pyridine rings is 2. The number of nitrogens with one attached hydrogen (secondary N) is 1. The summed E-state index contributed by atoms with van der Waals surface area (Å²) in [5.41, 5.74) is 2.32. The van der Waals surface area contributed by atoms with Crippen LogP contribution in [0.5, 0.6) is 35.3 Å². The van der Waals surface area contributed by atoms with E-state index in [1.807, 2.05) is 18.8 Å². The number of aromatic amines is 1. The van der Waals surface area contributed by atoms with Crippen LogP contribution in [0.15, 0.2) is 36.7 Å². The summed E-state index contributed by atoms with van der Waals surface area (Å²) in [6.07, 6.45) is 12.0. The minimum Gasteiger partial charge on any atom is -0.456 e. The van der Waals surface area contributed by atoms with Crippen LogP contribution in [0.25, 0.3) is 43.6 Å². The zero-order valence-corrected chi connectivity index (χ0v) is 51.3. The minimum absolute atomic E-state index is 0. The van der Waals surface area contributed by atoms with Gasteiger partial charge in [0.2, 0.25) is 11.8 Å². The topological polar surface area (TPSA) is 201 Å². The highest BCUT2D eigenvalue weighted by atomic mass is 35.5. The third kappa shape index (κ3) is 12.5. The van der Waals surface area contributed by atoms with Gasteiger partial charge in [-0.25, -0.2) is 4.68 Å². The molecule has 8 aromatic rings. The molecule has 0 aliphatic carbocycles. The van der Waals surface area contributed by atoms with Gasteiger partial charge in [-0.3, -0.25) is 14.9 Å². The molecule has 5 fully saturated rings. The van der Waals surface area contributed by atoms with E-state index in [4.69, 9.17) is 123 Å². The van der Waals surface area contributed by atoms with Crippen LogP contribution in [0.1, 0.15) is 64.0 Å². The highest BCUT2D eigenvalue weighted by Crippen LogP contribution is 2.46. The number of rotatable bonds is 13. The number of aromatic nitrogens is 10. The number of hydrogen-bond acceptors (Lipinski definition) is 19. The van der Waals surface area contributed by atoms with Crippen molar-refractivity contribution in [2.75, 3.05) is 97.1 Å². The van der Waals surface area contributed by atoms with Crippen LogP contribution in [-0.2, 0) is 14.2 Å². The van der Waals surface area contributed by atoms with E-state index < -0.39 is 0 Å². The molecule has 0 amide bonds. The largest absolute Gasteiger partial charge is 0.456 e. The van der Waals surface area contributed by atoms with Crippen molar-refractivity contribution < 1.29 is 33.2 Å². The van der Waals surface area contributed by atoms with Crippen molar-refractivity contribution in [1.82, 2.24) is 59.7 Å². The summed E-state index contributed by atoms with van der Waals surface area (Å²) in [6.45, 7) is 7.02. The van der Waals surface area contributed by atoms with Crippen LogP contribution in [0, 0.1) is 0 Å². The Morgan fingerprint density at radius 1 is 0.554 bits per heavy atom. The van der Waals surface area contributed by atoms with E-state index in [1.165, 1.54) is 12.8 Å². The number of hydrogen-bond donors (Lipinski definition) is 1. The summed E-state index contributed by atoms with van der Waals surface area (Å²) in [7, 11) is 7.44. The fraction of sp³-hybridized carbons (Fsp3) is 0.491. The molecule has 5 aliphatic rings. The van der Waals surface area contributed by atoms with E-state index in [0.29, 0.717) is 79.3 Å². The van der Waals surface area contributed by atoms with Crippen molar-refractivity contribution in [2.45, 2.75) is 88.4 Å². The van der Waals surface area contributed by atoms with Crippen LogP contribution in [-0.4, -0.2) is 171 Å². The first kappa shape index (κ1) is 59.7. The van der Waals surface area contributed by atoms with Crippen molar-refractivity contribution in [1.29, 1.82) is 0 Å². The number of halogens is 7. The molecule has 0 spiro atoms. The molecule has 5 atom stereocenters. The summed E-state index contributed by atoms with van der Waals surface area (Å²) in [4.78, 5) is 37.2. The lowest BCUT2D eigenvalue weighted by atomic mass is 10.1. The van der Waals surface area contributed by atoms with Gasteiger partial charge in [-0.2, -0.15) is 40.1 Å². The van der Waals surface area contributed by atoms with E-state index >= 15 is 0 Å². The van der Waals surface area contributed by atoms with Gasteiger partial charge in [-0.15, -0.1) is 12.4 Å². The normalized spacial score (nSPS) is 21.6. The molecule has 0 radical (unpaired) electrons. The average molecular weight is 1280 g/mol. The van der Waals surface area contributed by atoms with Crippen LogP contribution >= 0.6 is 82.0 Å². The molecule has 6 aromatic heterocycles. The predicted molar refractivity (Wildman–Crippen MR) is 324 cm³/mol. The van der Waals surface area contributed by atoms with Gasteiger partial charge < -0.3 is 43.0 Å². The Balaban J connectivity index is 0.000000173. The van der Waals surface area contributed by atoms with Gasteiger partial charge in [0.15, 0.2) is 17.7 Å². The molecule has 83 heavy (non-hydrogen) atoms. The van der Waals surface area contributed by atoms with E-state index in [9.17, 15) is 0 Å². The maximum atomic E-state index is 6.78. The number of benzene rings is 2. The Bertz CT molecular complexity index is 3640. The first-order chi connectivity index (χ1) is 39.8. The monoisotopic (exact) mass is 1270 g/mol. The lowest BCUT2D eigenvalue weighted by molar-refractivity contribution is -0.0366. The predicted octanol–water partition coefficient (Wildman–Crippen LogP) is 12.3. The number of methoxy groups -OCH3 is 2. The Labute approximate surface area is 514 Å². The van der Waals surface area contributed by atoms with E-state index in [2.05, 4.69) is 44.9 Å². The summed E-state index contributed by atoms with van der Waals surface area (Å²) in [6, 6.07) is 7.45. The number of nitrogens with zero attached hydrogens (tertiary/aromatic N) is 13. The van der Waals surface area contributed by atoms with Crippen LogP contribution < -0.4 is 28.7 Å². The van der Waals surface area contributed by atoms with Crippen LogP contribution in [0.2, 0.25) is 30.4 Å². The van der Waals surface area contributed by atoms with E-state index in [1.54, 1.807) is 50.9 Å². The maximum Gasteiger partial charge on any atom is 0.319 e. The molecule has 11 heterocycles. The van der Waals surface area contributed by atoms with Gasteiger partial charge in [-0.05, 0) is 96.1 Å². The second-order valence-electron chi connectivity index (χ2n) is 21.2. The van der Waals surface area contributed by atoms with Crippen molar-refractivity contribution in [3.05, 3.63) is 67.1 Å². The average Bonchev–Trinajstić information content (AvgIpc) is 3.67. The molecule has 13 rings (SSSR count). The Morgan fingerprint density at radius 3 is 1.57 bits per heavy atom. The number of likely N-dealkylation sites (N-methyl/N-ethyl adjacent to an activating group) is 2. The van der Waals surface area contributed by atoms with Gasteiger partial charge in [0.05, 0.1) is 55.0 Å². The van der Waals surface area contributed by atoms with Gasteiger partial charge in [0.1, 0.15) is 67.4 Å². The highest BCUT2D eigenvalue weighted by Gasteiger charge is 2.36. The van der Waals surface area contributed by atoms with Gasteiger partial charge >= 0.3 is 12.0 Å². The number of piperidine rings is 2. The number of fused-ring (bicyclic) bond motifs is 4. The highest BCUT2D eigenvalue weighted by molar-refractivity contribution is 6.44. The molecule has 5 saturated heterocycles. The first-order valence-corrected chi connectivity index (χ1v) is 29.7. The third-order valence-electron chi connectivity index (χ3n) is 15.6. The molecule has 1 N–H and O–H groups in total. The summed E-state index contributed by atoms with van der Waals surface area (Å²) < 4.78 is 44.8. The molecule has 0 bridgehead atoms. The second kappa shape index (κ2) is 25.9. The molecule has 2 aromatic carbocycles. The lowest BCUT2D eigenvalue weighted by Gasteiger charge is -2.29. The summed E-state index contributed by atoms with van der Waals surface area (Å²) >= 11 is 39.5. The fourth-order valence-corrected chi connectivity index (χ4v) is 12.6. The standard InChI is InChI=1S/C30H34Cl3N7O4.C25H26Cl3N7O3.ClH/c1-38-15-21(41-2)22(16-38)43-30-36-26-17(28(37-30)39-9-5-3-6-10-39)12-23(32)35-29(26)44-27-18-14-34-40(24-8-4-7-11-42-24)20(18)13-19(31)25(27)33;1-34-11-17(36-2)18(12-34)37-25-31-21-13(23(32-25)35-6-4-3-5-7-35)8-19(27)30-24(21)38-22-14-10-29-33-16(14)9-15(26)20(22)28;/h12-14,21-22,24H,3-11,15-16H2,1-2H3;8-10,17-18H,3-7,11-12H2,1-2H3,(H,29,33);1H/t21-,22-,24?;17-,18-;/m11./s1. The summed E-state index contributed by atoms with van der Waals surface area (Å²) in [5.74, 6) is 2.39. The van der Waals surface area contributed by atoms with Crippen molar-refractivity contribution >= 4 is 137 Å². The number of H-pyrrole nitrogens is 1. The van der Waals surface area contributed by atoms with Crippen molar-refractivity contribution in [2.24, 2.45) is 0 Å². The molecule has 5 aliphatic heterocycles. The van der Waals surface area contributed by atoms with Gasteiger partial charge in [0, 0.05) is 73.2 Å². The molecule has 21 nitrogen and oxygen atoms in total.